The van der Waals surface area contributed by atoms with Crippen molar-refractivity contribution in [2.45, 2.75) is 51.5 Å². The summed E-state index contributed by atoms with van der Waals surface area (Å²) in [6, 6.07) is 0. The van der Waals surface area contributed by atoms with Crippen LogP contribution in [0.1, 0.15) is 41.0 Å². The Bertz CT molecular complexity index is 363. The highest BCUT2D eigenvalue weighted by molar-refractivity contribution is 8.01. The van der Waals surface area contributed by atoms with Crippen molar-refractivity contribution < 1.29 is 19.1 Å². The molecule has 0 saturated heterocycles. The maximum Gasteiger partial charge on any atom is 0.409 e. The van der Waals surface area contributed by atoms with Gasteiger partial charge in [-0.25, -0.2) is 9.59 Å². The van der Waals surface area contributed by atoms with Gasteiger partial charge in [-0.2, -0.15) is 0 Å². The standard InChI is InChI=1S/C14H25NO4S/c1-7-8-9-10-20-14(5,11(16)18-6)15-12(17)19-13(2,3)4/h7-8H,9-10H2,1-6H3,(H,15,17). The van der Waals surface area contributed by atoms with Crippen LogP contribution in [-0.2, 0) is 14.3 Å². The molecular formula is C14H25NO4S. The maximum absolute atomic E-state index is 11.9. The molecule has 0 saturated carbocycles. The Morgan fingerprint density at radius 2 is 1.85 bits per heavy atom. The molecular weight excluding hydrogens is 278 g/mol. The summed E-state index contributed by atoms with van der Waals surface area (Å²) in [6.07, 6.45) is 4.11. The predicted octanol–water partition coefficient (Wildman–Crippen LogP) is 3.10. The van der Waals surface area contributed by atoms with Gasteiger partial charge in [0.15, 0.2) is 4.87 Å². The molecule has 0 fully saturated rings. The van der Waals surface area contributed by atoms with Crippen LogP contribution in [0.5, 0.6) is 0 Å². The van der Waals surface area contributed by atoms with Gasteiger partial charge in [0, 0.05) is 0 Å². The molecule has 0 aromatic heterocycles. The van der Waals surface area contributed by atoms with Gasteiger partial charge in [0.2, 0.25) is 0 Å². The number of rotatable bonds is 6. The number of ether oxygens (including phenoxy) is 2. The highest BCUT2D eigenvalue weighted by Crippen LogP contribution is 2.25. The fourth-order valence-corrected chi connectivity index (χ4v) is 2.36. The number of methoxy groups -OCH3 is 1. The highest BCUT2D eigenvalue weighted by Gasteiger charge is 2.37. The number of allylic oxidation sites excluding steroid dienone is 2. The second-order valence-electron chi connectivity index (χ2n) is 5.36. The van der Waals surface area contributed by atoms with E-state index in [-0.39, 0.29) is 0 Å². The third kappa shape index (κ3) is 7.43. The zero-order chi connectivity index (χ0) is 15.8. The molecule has 0 heterocycles. The lowest BCUT2D eigenvalue weighted by Gasteiger charge is -2.29. The van der Waals surface area contributed by atoms with E-state index in [1.165, 1.54) is 18.9 Å². The van der Waals surface area contributed by atoms with Crippen LogP contribution in [-0.4, -0.2) is 35.4 Å². The molecule has 0 aromatic rings. The van der Waals surface area contributed by atoms with Crippen molar-refractivity contribution in [3.05, 3.63) is 12.2 Å². The van der Waals surface area contributed by atoms with E-state index in [4.69, 9.17) is 9.47 Å². The molecule has 20 heavy (non-hydrogen) atoms. The Morgan fingerprint density at radius 3 is 2.30 bits per heavy atom. The second-order valence-corrected chi connectivity index (χ2v) is 6.87. The fraction of sp³-hybridized carbons (Fsp3) is 0.714. The van der Waals surface area contributed by atoms with Crippen molar-refractivity contribution >= 4 is 23.8 Å². The van der Waals surface area contributed by atoms with Crippen LogP contribution in [0.25, 0.3) is 0 Å². The quantitative estimate of drug-likeness (QED) is 0.353. The third-order valence-electron chi connectivity index (χ3n) is 2.23. The van der Waals surface area contributed by atoms with Crippen molar-refractivity contribution in [1.29, 1.82) is 0 Å². The fourth-order valence-electron chi connectivity index (χ4n) is 1.34. The minimum Gasteiger partial charge on any atom is -0.467 e. The van der Waals surface area contributed by atoms with Crippen LogP contribution in [0.2, 0.25) is 0 Å². The molecule has 0 aliphatic carbocycles. The van der Waals surface area contributed by atoms with Gasteiger partial charge < -0.3 is 9.47 Å². The molecule has 0 aromatic carbocycles. The molecule has 0 rings (SSSR count). The van der Waals surface area contributed by atoms with E-state index in [1.807, 2.05) is 19.1 Å². The van der Waals surface area contributed by atoms with Gasteiger partial charge in [0.25, 0.3) is 0 Å². The molecule has 1 amide bonds. The Hall–Kier alpha value is -1.17. The monoisotopic (exact) mass is 303 g/mol. The Morgan fingerprint density at radius 1 is 1.25 bits per heavy atom. The second kappa shape index (κ2) is 8.19. The molecule has 0 aliphatic rings. The smallest absolute Gasteiger partial charge is 0.409 e. The van der Waals surface area contributed by atoms with Gasteiger partial charge in [-0.05, 0) is 46.8 Å². The van der Waals surface area contributed by atoms with Crippen molar-refractivity contribution in [1.82, 2.24) is 5.32 Å². The van der Waals surface area contributed by atoms with Gasteiger partial charge in [-0.3, -0.25) is 5.32 Å². The molecule has 0 aliphatic heterocycles. The van der Waals surface area contributed by atoms with Crippen LogP contribution in [0.4, 0.5) is 4.79 Å². The lowest BCUT2D eigenvalue weighted by Crippen LogP contribution is -2.51. The predicted molar refractivity (Wildman–Crippen MR) is 81.7 cm³/mol. The van der Waals surface area contributed by atoms with Crippen molar-refractivity contribution in [2.75, 3.05) is 12.9 Å². The van der Waals surface area contributed by atoms with Gasteiger partial charge in [-0.15, -0.1) is 11.8 Å². The lowest BCUT2D eigenvalue weighted by atomic mass is 10.2. The first-order valence-electron chi connectivity index (χ1n) is 6.49. The first-order chi connectivity index (χ1) is 9.14. The number of hydrogen-bond donors (Lipinski definition) is 1. The van der Waals surface area contributed by atoms with Crippen molar-refractivity contribution in [3.8, 4) is 0 Å². The van der Waals surface area contributed by atoms with E-state index < -0.39 is 22.5 Å². The molecule has 116 valence electrons. The SMILES string of the molecule is CC=CCCSC(C)(NC(=O)OC(C)(C)C)C(=O)OC. The topological polar surface area (TPSA) is 64.6 Å². The number of alkyl carbamates (subject to hydrolysis) is 1. The summed E-state index contributed by atoms with van der Waals surface area (Å²) < 4.78 is 9.93. The van der Waals surface area contributed by atoms with Crippen LogP contribution in [0, 0.1) is 0 Å². The van der Waals surface area contributed by atoms with E-state index in [2.05, 4.69) is 5.32 Å². The highest BCUT2D eigenvalue weighted by atomic mass is 32.2. The summed E-state index contributed by atoms with van der Waals surface area (Å²) in [7, 11) is 1.30. The van der Waals surface area contributed by atoms with E-state index in [9.17, 15) is 9.59 Å². The average molecular weight is 303 g/mol. The molecule has 1 N–H and O–H groups in total. The minimum absolute atomic E-state index is 0.506. The zero-order valence-corrected chi connectivity index (χ0v) is 13.9. The summed E-state index contributed by atoms with van der Waals surface area (Å²) in [4.78, 5) is 22.5. The average Bonchev–Trinajstić information content (AvgIpc) is 2.31. The van der Waals surface area contributed by atoms with Crippen LogP contribution >= 0.6 is 11.8 Å². The number of carbonyl (C=O) groups is 2. The molecule has 6 heteroatoms. The summed E-state index contributed by atoms with van der Waals surface area (Å²) in [5.41, 5.74) is -0.614. The Balaban J connectivity index is 4.70. The summed E-state index contributed by atoms with van der Waals surface area (Å²) in [5, 5.41) is 2.58. The van der Waals surface area contributed by atoms with Gasteiger partial charge in [0.1, 0.15) is 5.60 Å². The molecule has 5 nitrogen and oxygen atoms in total. The summed E-state index contributed by atoms with van der Waals surface area (Å²) >= 11 is 1.31. The number of thioether (sulfide) groups is 1. The van der Waals surface area contributed by atoms with Gasteiger partial charge in [0.05, 0.1) is 7.11 Å². The molecule has 1 unspecified atom stereocenters. The molecule has 0 spiro atoms. The first kappa shape index (κ1) is 18.8. The molecule has 0 radical (unpaired) electrons. The number of nitrogens with one attached hydrogen (secondary N) is 1. The van der Waals surface area contributed by atoms with Crippen molar-refractivity contribution in [2.24, 2.45) is 0 Å². The van der Waals surface area contributed by atoms with E-state index in [1.54, 1.807) is 27.7 Å². The van der Waals surface area contributed by atoms with Crippen LogP contribution in [0.3, 0.4) is 0 Å². The summed E-state index contributed by atoms with van der Waals surface area (Å²) in [6.45, 7) is 8.84. The van der Waals surface area contributed by atoms with E-state index in [0.717, 1.165) is 6.42 Å². The normalized spacial score (nSPS) is 14.7. The van der Waals surface area contributed by atoms with Crippen LogP contribution < -0.4 is 5.32 Å². The minimum atomic E-state index is -1.15. The number of amides is 1. The van der Waals surface area contributed by atoms with E-state index >= 15 is 0 Å². The molecule has 0 bridgehead atoms. The number of carbonyl (C=O) groups excluding carboxylic acids is 2. The zero-order valence-electron chi connectivity index (χ0n) is 13.1. The van der Waals surface area contributed by atoms with Gasteiger partial charge >= 0.3 is 12.1 Å². The van der Waals surface area contributed by atoms with Crippen molar-refractivity contribution in [3.63, 3.8) is 0 Å². The lowest BCUT2D eigenvalue weighted by molar-refractivity contribution is -0.144. The maximum atomic E-state index is 11.9. The van der Waals surface area contributed by atoms with Gasteiger partial charge in [-0.1, -0.05) is 12.2 Å². The summed E-state index contributed by atoms with van der Waals surface area (Å²) in [5.74, 6) is 0.181. The first-order valence-corrected chi connectivity index (χ1v) is 7.48. The Kier molecular flexibility index (Phi) is 7.71. The Labute approximate surface area is 125 Å². The number of esters is 1. The van der Waals surface area contributed by atoms with E-state index in [0.29, 0.717) is 5.75 Å². The van der Waals surface area contributed by atoms with Crippen LogP contribution in [0.15, 0.2) is 12.2 Å². The number of hydrogen-bond acceptors (Lipinski definition) is 5. The third-order valence-corrected chi connectivity index (χ3v) is 3.51. The molecule has 1 atom stereocenters. The largest absolute Gasteiger partial charge is 0.467 e.